The van der Waals surface area contributed by atoms with Crippen molar-refractivity contribution in [3.05, 3.63) is 23.3 Å². The lowest BCUT2D eigenvalue weighted by atomic mass is 9.77. The number of hydrogen-bond donors (Lipinski definition) is 0. The third-order valence-electron chi connectivity index (χ3n) is 6.44. The highest BCUT2D eigenvalue weighted by Gasteiger charge is 2.61. The molecule has 2 bridgehead atoms. The molecule has 0 aromatic rings. The van der Waals surface area contributed by atoms with Crippen molar-refractivity contribution in [2.45, 2.75) is 69.1 Å². The molecule has 3 atom stereocenters. The minimum atomic E-state index is -0.392. The first-order valence-corrected chi connectivity index (χ1v) is 9.21. The predicted octanol–water partition coefficient (Wildman–Crippen LogP) is 2.97. The number of hydrogen-bond acceptors (Lipinski definition) is 3. The molecule has 0 N–H and O–H groups in total. The number of nitrogens with zero attached hydrogens (tertiary/aromatic N) is 1. The minimum Gasteiger partial charge on any atom is -0.449 e. The van der Waals surface area contributed by atoms with Crippen molar-refractivity contribution in [3.63, 3.8) is 0 Å². The van der Waals surface area contributed by atoms with Crippen LogP contribution >= 0.6 is 0 Å². The Hall–Kier alpha value is -1.53. The van der Waals surface area contributed by atoms with Crippen LogP contribution in [0.2, 0.25) is 0 Å². The lowest BCUT2D eigenvalue weighted by Gasteiger charge is -2.38. The second-order valence-corrected chi connectivity index (χ2v) is 7.72. The molecule has 3 heteroatoms. The van der Waals surface area contributed by atoms with Gasteiger partial charge in [0.15, 0.2) is 5.60 Å². The molecule has 3 heterocycles. The van der Waals surface area contributed by atoms with Gasteiger partial charge in [0.2, 0.25) is 0 Å². The number of carbonyl (C=O) groups excluding carboxylic acids is 1. The zero-order chi connectivity index (χ0) is 15.4. The summed E-state index contributed by atoms with van der Waals surface area (Å²) in [6.45, 7) is 1.13. The molecule has 3 aliphatic heterocycles. The summed E-state index contributed by atoms with van der Waals surface area (Å²) in [5.74, 6) is 7.31. The summed E-state index contributed by atoms with van der Waals surface area (Å²) in [7, 11) is 0. The maximum absolute atomic E-state index is 12.1. The molecule has 0 aromatic heterocycles. The molecule has 2 saturated heterocycles. The van der Waals surface area contributed by atoms with E-state index in [1.54, 1.807) is 6.08 Å². The van der Waals surface area contributed by atoms with E-state index in [1.807, 2.05) is 0 Å². The zero-order valence-electron chi connectivity index (χ0n) is 13.5. The van der Waals surface area contributed by atoms with Gasteiger partial charge in [-0.1, -0.05) is 37.2 Å². The van der Waals surface area contributed by atoms with Crippen LogP contribution < -0.4 is 0 Å². The van der Waals surface area contributed by atoms with Crippen molar-refractivity contribution in [1.29, 1.82) is 0 Å². The monoisotopic (exact) mass is 309 g/mol. The van der Waals surface area contributed by atoms with E-state index in [9.17, 15) is 4.79 Å². The van der Waals surface area contributed by atoms with E-state index in [1.165, 1.54) is 38.5 Å². The SMILES string of the molecule is O=C1C=C2C(C#CC3CCCC3)=C[C@@H]3C[C@@]2(O1)[C@H]1CCCCN31. The Balaban J connectivity index is 1.54. The maximum atomic E-state index is 12.1. The Kier molecular flexibility index (Phi) is 3.00. The number of fused-ring (bicyclic) bond motifs is 3. The summed E-state index contributed by atoms with van der Waals surface area (Å²) < 4.78 is 5.93. The molecule has 23 heavy (non-hydrogen) atoms. The molecule has 0 aromatic carbocycles. The van der Waals surface area contributed by atoms with Gasteiger partial charge in [0.05, 0.1) is 6.04 Å². The Labute approximate surface area is 137 Å². The number of ether oxygens (including phenoxy) is 1. The van der Waals surface area contributed by atoms with Gasteiger partial charge in [-0.15, -0.1) is 0 Å². The molecule has 5 aliphatic rings. The van der Waals surface area contributed by atoms with Gasteiger partial charge in [0.25, 0.3) is 0 Å². The Morgan fingerprint density at radius 3 is 2.87 bits per heavy atom. The average molecular weight is 309 g/mol. The fourth-order valence-corrected chi connectivity index (χ4v) is 5.42. The van der Waals surface area contributed by atoms with E-state index in [2.05, 4.69) is 22.8 Å². The zero-order valence-corrected chi connectivity index (χ0v) is 13.5. The van der Waals surface area contributed by atoms with E-state index < -0.39 is 5.60 Å². The predicted molar refractivity (Wildman–Crippen MR) is 87.5 cm³/mol. The van der Waals surface area contributed by atoms with Crippen molar-refractivity contribution in [1.82, 2.24) is 4.90 Å². The summed E-state index contributed by atoms with van der Waals surface area (Å²) in [6.07, 6.45) is 13.7. The first-order chi connectivity index (χ1) is 11.3. The number of rotatable bonds is 0. The van der Waals surface area contributed by atoms with Crippen LogP contribution in [0.1, 0.15) is 51.4 Å². The molecule has 120 valence electrons. The molecule has 0 amide bonds. The van der Waals surface area contributed by atoms with Gasteiger partial charge in [-0.2, -0.15) is 0 Å². The quantitative estimate of drug-likeness (QED) is 0.509. The van der Waals surface area contributed by atoms with E-state index in [-0.39, 0.29) is 5.97 Å². The second-order valence-electron chi connectivity index (χ2n) is 7.72. The normalized spacial score (nSPS) is 39.0. The van der Waals surface area contributed by atoms with Crippen LogP contribution in [0.4, 0.5) is 0 Å². The van der Waals surface area contributed by atoms with Gasteiger partial charge >= 0.3 is 5.97 Å². The van der Waals surface area contributed by atoms with Crippen LogP contribution in [-0.2, 0) is 9.53 Å². The highest BCUT2D eigenvalue weighted by Crippen LogP contribution is 2.53. The summed E-state index contributed by atoms with van der Waals surface area (Å²) in [6, 6.07) is 0.761. The molecule has 1 saturated carbocycles. The van der Waals surface area contributed by atoms with Gasteiger partial charge in [0.1, 0.15) is 0 Å². The van der Waals surface area contributed by atoms with Crippen molar-refractivity contribution < 1.29 is 9.53 Å². The smallest absolute Gasteiger partial charge is 0.332 e. The number of carbonyl (C=O) groups is 1. The van der Waals surface area contributed by atoms with Crippen molar-refractivity contribution >= 4 is 5.97 Å². The van der Waals surface area contributed by atoms with Crippen LogP contribution in [0.15, 0.2) is 23.3 Å². The summed E-state index contributed by atoms with van der Waals surface area (Å²) >= 11 is 0. The first kappa shape index (κ1) is 13.9. The molecule has 5 rings (SSSR count). The second kappa shape index (κ2) is 4.98. The van der Waals surface area contributed by atoms with Gasteiger partial charge in [-0.25, -0.2) is 4.79 Å². The third-order valence-corrected chi connectivity index (χ3v) is 6.44. The van der Waals surface area contributed by atoms with Gasteiger partial charge in [0, 0.05) is 35.6 Å². The molecular weight excluding hydrogens is 286 g/mol. The van der Waals surface area contributed by atoms with Gasteiger partial charge in [-0.3, -0.25) is 4.90 Å². The molecule has 0 radical (unpaired) electrons. The fraction of sp³-hybridized carbons (Fsp3) is 0.650. The van der Waals surface area contributed by atoms with E-state index in [4.69, 9.17) is 4.74 Å². The summed E-state index contributed by atoms with van der Waals surface area (Å²) in [5.41, 5.74) is 1.77. The minimum absolute atomic E-state index is 0.165. The Morgan fingerprint density at radius 2 is 2.00 bits per heavy atom. The van der Waals surface area contributed by atoms with Gasteiger partial charge in [-0.05, 0) is 32.2 Å². The van der Waals surface area contributed by atoms with Crippen LogP contribution in [0, 0.1) is 17.8 Å². The first-order valence-electron chi connectivity index (χ1n) is 9.21. The highest BCUT2D eigenvalue weighted by atomic mass is 16.6. The van der Waals surface area contributed by atoms with E-state index in [0.717, 1.165) is 30.5 Å². The van der Waals surface area contributed by atoms with Crippen molar-refractivity contribution in [2.24, 2.45) is 5.92 Å². The average Bonchev–Trinajstić information content (AvgIpc) is 3.24. The summed E-state index contributed by atoms with van der Waals surface area (Å²) in [5, 5.41) is 0. The number of piperidine rings is 1. The molecule has 3 nitrogen and oxygen atoms in total. The fourth-order valence-electron chi connectivity index (χ4n) is 5.42. The van der Waals surface area contributed by atoms with Crippen LogP contribution in [0.5, 0.6) is 0 Å². The maximum Gasteiger partial charge on any atom is 0.332 e. The largest absolute Gasteiger partial charge is 0.449 e. The molecular formula is C20H23NO2. The Bertz CT molecular complexity index is 673. The summed E-state index contributed by atoms with van der Waals surface area (Å²) in [4.78, 5) is 14.6. The van der Waals surface area contributed by atoms with E-state index >= 15 is 0 Å². The van der Waals surface area contributed by atoms with E-state index in [0.29, 0.717) is 18.0 Å². The van der Waals surface area contributed by atoms with Crippen LogP contribution in [0.3, 0.4) is 0 Å². The van der Waals surface area contributed by atoms with Crippen molar-refractivity contribution in [3.8, 4) is 11.8 Å². The van der Waals surface area contributed by atoms with Gasteiger partial charge < -0.3 is 4.74 Å². The standard InChI is InChI=1S/C20H23NO2/c22-19-12-17-15(9-8-14-5-1-2-6-14)11-16-13-20(17,23-19)18-7-3-4-10-21(16)18/h11-12,14,16,18H,1-7,10,13H2/t16-,18-,20+/m1/s1. The Morgan fingerprint density at radius 1 is 1.17 bits per heavy atom. The van der Waals surface area contributed by atoms with Crippen LogP contribution in [0.25, 0.3) is 0 Å². The van der Waals surface area contributed by atoms with Crippen molar-refractivity contribution in [2.75, 3.05) is 6.54 Å². The number of esters is 1. The molecule has 2 aliphatic carbocycles. The lowest BCUT2D eigenvalue weighted by Crippen LogP contribution is -2.48. The third kappa shape index (κ3) is 1.97. The topological polar surface area (TPSA) is 29.5 Å². The van der Waals surface area contributed by atoms with Crippen LogP contribution in [-0.4, -0.2) is 35.1 Å². The highest BCUT2D eigenvalue weighted by molar-refractivity contribution is 5.90. The lowest BCUT2D eigenvalue weighted by molar-refractivity contribution is -0.148. The molecule has 1 spiro atoms. The molecule has 0 unspecified atom stereocenters. The molecule has 3 fully saturated rings.